The lowest BCUT2D eigenvalue weighted by Gasteiger charge is -2.50. The Morgan fingerprint density at radius 3 is 1.91 bits per heavy atom. The number of anilines is 1. The number of nitriles is 2. The van der Waals surface area contributed by atoms with E-state index in [0.717, 1.165) is 17.7 Å². The fourth-order valence-electron chi connectivity index (χ4n) is 5.10. The van der Waals surface area contributed by atoms with Gasteiger partial charge in [0, 0.05) is 12.7 Å². The van der Waals surface area contributed by atoms with Gasteiger partial charge in [0.1, 0.15) is 18.7 Å². The normalized spacial score (nSPS) is 13.3. The molecule has 1 unspecified atom stereocenters. The van der Waals surface area contributed by atoms with Gasteiger partial charge in [0.05, 0.1) is 45.8 Å². The van der Waals surface area contributed by atoms with Crippen molar-refractivity contribution in [3.63, 3.8) is 0 Å². The van der Waals surface area contributed by atoms with Crippen LogP contribution in [0.3, 0.4) is 0 Å². The Morgan fingerprint density at radius 2 is 1.36 bits per heavy atom. The third-order valence-corrected chi connectivity index (χ3v) is 9.07. The zero-order valence-corrected chi connectivity index (χ0v) is 27.8. The fraction of sp³-hybridized carbons (Fsp3) is 0.417. The summed E-state index contributed by atoms with van der Waals surface area (Å²) in [6.07, 6.45) is 0.878. The minimum atomic E-state index is -0.627. The first-order valence-corrected chi connectivity index (χ1v) is 15.0. The Bertz CT molecular complexity index is 1650. The molecule has 45 heavy (non-hydrogen) atoms. The van der Waals surface area contributed by atoms with Crippen molar-refractivity contribution >= 4 is 34.4 Å². The van der Waals surface area contributed by atoms with Gasteiger partial charge >= 0.3 is 5.97 Å². The van der Waals surface area contributed by atoms with Crippen molar-refractivity contribution in [1.29, 1.82) is 10.5 Å². The molecule has 0 N–H and O–H groups in total. The number of aryl methyl sites for hydroxylation is 1. The Kier molecular flexibility index (Phi) is 11.0. The van der Waals surface area contributed by atoms with Gasteiger partial charge < -0.3 is 9.64 Å². The third-order valence-electron chi connectivity index (χ3n) is 9.07. The molecule has 0 aromatic heterocycles. The first-order chi connectivity index (χ1) is 21.2. The van der Waals surface area contributed by atoms with Crippen molar-refractivity contribution in [3.8, 4) is 12.1 Å². The number of carbonyl (C=O) groups is 1. The van der Waals surface area contributed by atoms with Crippen LogP contribution in [0.15, 0.2) is 81.1 Å². The van der Waals surface area contributed by atoms with Crippen molar-refractivity contribution < 1.29 is 9.53 Å². The first kappa shape index (κ1) is 34.6. The number of likely N-dealkylation sites (N-methyl/N-ethyl adjacent to an activating group) is 1. The van der Waals surface area contributed by atoms with Crippen molar-refractivity contribution in [2.75, 3.05) is 25.1 Å². The van der Waals surface area contributed by atoms with E-state index in [9.17, 15) is 10.1 Å². The maximum Gasteiger partial charge on any atom is 0.312 e. The highest BCUT2D eigenvalue weighted by Crippen LogP contribution is 2.53. The summed E-state index contributed by atoms with van der Waals surface area (Å²) in [5.74, 6) is -0.155. The summed E-state index contributed by atoms with van der Waals surface area (Å²) in [4.78, 5) is 15.4. The van der Waals surface area contributed by atoms with E-state index in [0.29, 0.717) is 41.5 Å². The van der Waals surface area contributed by atoms with Crippen LogP contribution in [0.4, 0.5) is 28.4 Å². The molecule has 0 saturated carbocycles. The number of esters is 1. The minimum absolute atomic E-state index is 0.155. The topological polar surface area (TPSA) is 127 Å². The number of nitrogens with zero attached hydrogens (tertiary/aromatic N) is 7. The van der Waals surface area contributed by atoms with Crippen molar-refractivity contribution in [1.82, 2.24) is 0 Å². The average Bonchev–Trinajstić information content (AvgIpc) is 3.02. The van der Waals surface area contributed by atoms with E-state index in [1.54, 1.807) is 18.2 Å². The Morgan fingerprint density at radius 1 is 0.800 bits per heavy atom. The van der Waals surface area contributed by atoms with Crippen LogP contribution in [0.2, 0.25) is 0 Å². The summed E-state index contributed by atoms with van der Waals surface area (Å²) in [6, 6.07) is 21.9. The van der Waals surface area contributed by atoms with E-state index < -0.39 is 5.41 Å². The van der Waals surface area contributed by atoms with Crippen LogP contribution in [0.1, 0.15) is 71.6 Å². The predicted molar refractivity (Wildman–Crippen MR) is 178 cm³/mol. The molecule has 0 fully saturated rings. The second kappa shape index (κ2) is 14.3. The number of azo groups is 2. The molecule has 0 aliphatic rings. The van der Waals surface area contributed by atoms with Crippen LogP contribution in [0, 0.1) is 45.8 Å². The largest absolute Gasteiger partial charge is 0.463 e. The smallest absolute Gasteiger partial charge is 0.312 e. The Hall–Kier alpha value is -4.89. The molecule has 234 valence electrons. The zero-order chi connectivity index (χ0) is 33.4. The summed E-state index contributed by atoms with van der Waals surface area (Å²) < 4.78 is 5.85. The maximum absolute atomic E-state index is 13.4. The van der Waals surface area contributed by atoms with Crippen LogP contribution in [-0.2, 0) is 9.53 Å². The summed E-state index contributed by atoms with van der Waals surface area (Å²) in [7, 11) is 1.97. The molecule has 0 saturated heterocycles. The predicted octanol–water partition coefficient (Wildman–Crippen LogP) is 10.0. The Labute approximate surface area is 267 Å². The number of carbonyl (C=O) groups excluding carboxylic acids is 1. The lowest BCUT2D eigenvalue weighted by Crippen LogP contribution is -2.52. The number of rotatable bonds is 11. The summed E-state index contributed by atoms with van der Waals surface area (Å²) >= 11 is 0. The molecule has 1 atom stereocenters. The molecule has 3 aromatic rings. The molecular formula is C36H43N7O2. The van der Waals surface area contributed by atoms with E-state index in [2.05, 4.69) is 62.0 Å². The van der Waals surface area contributed by atoms with Gasteiger partial charge in [0.15, 0.2) is 0 Å². The van der Waals surface area contributed by atoms with Gasteiger partial charge in [-0.15, -0.1) is 0 Å². The van der Waals surface area contributed by atoms with Crippen LogP contribution >= 0.6 is 0 Å². The van der Waals surface area contributed by atoms with E-state index >= 15 is 0 Å². The van der Waals surface area contributed by atoms with Gasteiger partial charge in [0.2, 0.25) is 0 Å². The SMILES string of the molecule is CCC(C)(C)C(C)(C(=O)OCCN(C)c1ccc(N=Nc2ccc(N=Nc3ccc(C#N)c(C#N)c3)cc2C)cc1)C(C)(C)C. The van der Waals surface area contributed by atoms with E-state index in [1.165, 1.54) is 6.07 Å². The zero-order valence-electron chi connectivity index (χ0n) is 27.8. The average molecular weight is 606 g/mol. The number of hydrogen-bond donors (Lipinski definition) is 0. The highest BCUT2D eigenvalue weighted by Gasteiger charge is 2.54. The summed E-state index contributed by atoms with van der Waals surface area (Å²) in [5, 5.41) is 35.5. The maximum atomic E-state index is 13.4. The first-order valence-electron chi connectivity index (χ1n) is 15.0. The molecule has 9 nitrogen and oxygen atoms in total. The van der Waals surface area contributed by atoms with Gasteiger partial charge in [-0.25, -0.2) is 0 Å². The second-order valence-electron chi connectivity index (χ2n) is 13.0. The third kappa shape index (κ3) is 7.99. The van der Waals surface area contributed by atoms with E-state index in [-0.39, 0.29) is 22.4 Å². The van der Waals surface area contributed by atoms with Gasteiger partial charge in [-0.1, -0.05) is 41.5 Å². The monoisotopic (exact) mass is 605 g/mol. The fourth-order valence-corrected chi connectivity index (χ4v) is 5.10. The highest BCUT2D eigenvalue weighted by atomic mass is 16.5. The second-order valence-corrected chi connectivity index (χ2v) is 13.0. The molecular weight excluding hydrogens is 562 g/mol. The molecule has 0 aliphatic heterocycles. The molecule has 0 heterocycles. The minimum Gasteiger partial charge on any atom is -0.463 e. The summed E-state index contributed by atoms with van der Waals surface area (Å²) in [5.41, 5.74) is 3.87. The lowest BCUT2D eigenvalue weighted by atomic mass is 9.53. The molecule has 0 spiro atoms. The van der Waals surface area contributed by atoms with Gasteiger partial charge in [0.25, 0.3) is 0 Å². The lowest BCUT2D eigenvalue weighted by molar-refractivity contribution is -0.174. The van der Waals surface area contributed by atoms with Crippen LogP contribution in [0.25, 0.3) is 0 Å². The van der Waals surface area contributed by atoms with E-state index in [4.69, 9.17) is 10.00 Å². The number of hydrogen-bond acceptors (Lipinski definition) is 9. The quantitative estimate of drug-likeness (QED) is 0.159. The van der Waals surface area contributed by atoms with Crippen LogP contribution in [0.5, 0.6) is 0 Å². The molecule has 0 radical (unpaired) electrons. The molecule has 0 amide bonds. The van der Waals surface area contributed by atoms with Crippen molar-refractivity contribution in [3.05, 3.63) is 77.4 Å². The van der Waals surface area contributed by atoms with Crippen molar-refractivity contribution in [2.24, 2.45) is 36.7 Å². The van der Waals surface area contributed by atoms with Gasteiger partial charge in [-0.05, 0) is 97.3 Å². The molecule has 0 aliphatic carbocycles. The van der Waals surface area contributed by atoms with Crippen LogP contribution in [-0.4, -0.2) is 26.2 Å². The standard InChI is InChI=1S/C36H43N7O2/c1-10-35(6,7)36(8,34(3,4)5)33(44)45-20-19-43(9)31-16-13-28(14-17-31)39-42-32-18-15-29(21-25(32)2)40-41-30-12-11-26(23-37)27(22-30)24-38/h11-18,21-22H,10,19-20H2,1-9H3. The van der Waals surface area contributed by atoms with E-state index in [1.807, 2.05) is 74.3 Å². The molecule has 0 bridgehead atoms. The molecule has 3 aromatic carbocycles. The Balaban J connectivity index is 1.60. The molecule has 9 heteroatoms. The van der Waals surface area contributed by atoms with Gasteiger partial charge in [-0.2, -0.15) is 31.0 Å². The van der Waals surface area contributed by atoms with Crippen molar-refractivity contribution in [2.45, 2.75) is 61.8 Å². The number of ether oxygens (including phenoxy) is 1. The highest BCUT2D eigenvalue weighted by molar-refractivity contribution is 5.78. The number of benzene rings is 3. The van der Waals surface area contributed by atoms with Gasteiger partial charge in [-0.3, -0.25) is 4.79 Å². The molecule has 3 rings (SSSR count). The van der Waals surface area contributed by atoms with Crippen LogP contribution < -0.4 is 4.90 Å². The summed E-state index contributed by atoms with van der Waals surface area (Å²) in [6.45, 7) is 17.5.